The van der Waals surface area contributed by atoms with Crippen LogP contribution in [0.1, 0.15) is 42.5 Å². The third kappa shape index (κ3) is 4.50. The highest BCUT2D eigenvalue weighted by Gasteiger charge is 2.38. The highest BCUT2D eigenvalue weighted by molar-refractivity contribution is 7.93. The van der Waals surface area contributed by atoms with Crippen LogP contribution in [0.5, 0.6) is 5.75 Å². The third-order valence-electron chi connectivity index (χ3n) is 6.22. The Morgan fingerprint density at radius 1 is 1.15 bits per heavy atom. The number of benzene rings is 2. The molecule has 3 aromatic rings. The Labute approximate surface area is 199 Å². The summed E-state index contributed by atoms with van der Waals surface area (Å²) in [6, 6.07) is 8.11. The van der Waals surface area contributed by atoms with E-state index in [2.05, 4.69) is 19.0 Å². The monoisotopic (exact) mass is 508 g/mol. The molecule has 5 rings (SSSR count). The lowest BCUT2D eigenvalue weighted by molar-refractivity contribution is 0.00442. The van der Waals surface area contributed by atoms with Crippen LogP contribution in [0.4, 0.5) is 13.9 Å². The van der Waals surface area contributed by atoms with Gasteiger partial charge in [-0.1, -0.05) is 12.1 Å². The van der Waals surface area contributed by atoms with Gasteiger partial charge in [-0.2, -0.15) is 4.37 Å². The fourth-order valence-electron chi connectivity index (χ4n) is 4.66. The lowest BCUT2D eigenvalue weighted by atomic mass is 9.88. The number of hydrogen-bond acceptors (Lipinski definition) is 8. The molecule has 3 atom stereocenters. The zero-order valence-corrected chi connectivity index (χ0v) is 19.5. The second-order valence-corrected chi connectivity index (χ2v) is 10.7. The number of anilines is 1. The van der Waals surface area contributed by atoms with Gasteiger partial charge in [-0.3, -0.25) is 9.62 Å². The Bertz CT molecular complexity index is 1270. The number of nitrogens with zero attached hydrogens (tertiary/aromatic N) is 3. The van der Waals surface area contributed by atoms with E-state index in [1.807, 2.05) is 0 Å². The number of aliphatic hydroxyl groups excluding tert-OH is 1. The molecule has 1 saturated heterocycles. The lowest BCUT2D eigenvalue weighted by Crippen LogP contribution is -2.42. The number of sulfonamides is 1. The molecule has 12 heteroatoms. The predicted molar refractivity (Wildman–Crippen MR) is 121 cm³/mol. The molecule has 0 spiro atoms. The number of piperidine rings is 1. The number of likely N-dealkylation sites (tertiary alicyclic amines) is 1. The molecule has 0 saturated carbocycles. The van der Waals surface area contributed by atoms with Crippen molar-refractivity contribution >= 4 is 26.7 Å². The van der Waals surface area contributed by atoms with Crippen molar-refractivity contribution < 1.29 is 27.0 Å². The number of ether oxygens (including phenoxy) is 1. The maximum atomic E-state index is 15.2. The van der Waals surface area contributed by atoms with Crippen molar-refractivity contribution in [3.05, 3.63) is 65.5 Å². The van der Waals surface area contributed by atoms with E-state index in [0.717, 1.165) is 17.1 Å². The zero-order chi connectivity index (χ0) is 23.9. The van der Waals surface area contributed by atoms with Crippen LogP contribution in [0.15, 0.2) is 47.6 Å². The molecule has 0 unspecified atom stereocenters. The van der Waals surface area contributed by atoms with E-state index >= 15 is 4.39 Å². The van der Waals surface area contributed by atoms with E-state index in [1.54, 1.807) is 12.1 Å². The normalized spacial score (nSPS) is 23.2. The van der Waals surface area contributed by atoms with Crippen molar-refractivity contribution in [2.75, 3.05) is 17.9 Å². The van der Waals surface area contributed by atoms with Crippen molar-refractivity contribution in [3.8, 4) is 5.75 Å². The molecule has 2 aromatic carbocycles. The van der Waals surface area contributed by atoms with Crippen molar-refractivity contribution in [2.45, 2.75) is 42.3 Å². The Morgan fingerprint density at radius 2 is 1.94 bits per heavy atom. The number of aliphatic hydroxyl groups is 1. The van der Waals surface area contributed by atoms with Gasteiger partial charge in [0.15, 0.2) is 0 Å². The Hall–Kier alpha value is -2.67. The van der Waals surface area contributed by atoms with Gasteiger partial charge in [0.25, 0.3) is 10.0 Å². The van der Waals surface area contributed by atoms with Gasteiger partial charge in [0.05, 0.1) is 12.7 Å². The molecule has 8 nitrogen and oxygen atoms in total. The smallest absolute Gasteiger partial charge is 0.266 e. The van der Waals surface area contributed by atoms with Crippen LogP contribution in [-0.4, -0.2) is 47.0 Å². The van der Waals surface area contributed by atoms with Crippen LogP contribution in [0, 0.1) is 11.6 Å². The quantitative estimate of drug-likeness (QED) is 0.542. The second-order valence-electron chi connectivity index (χ2n) is 8.31. The fraction of sp³-hybridized carbons (Fsp3) is 0.364. The number of aromatic nitrogens is 2. The van der Waals surface area contributed by atoms with Crippen molar-refractivity contribution in [3.63, 3.8) is 0 Å². The Morgan fingerprint density at radius 3 is 2.68 bits per heavy atom. The van der Waals surface area contributed by atoms with E-state index in [-0.39, 0.29) is 23.0 Å². The summed E-state index contributed by atoms with van der Waals surface area (Å²) in [6.45, 7) is 0.870. The van der Waals surface area contributed by atoms with E-state index in [1.165, 1.54) is 30.6 Å². The molecule has 34 heavy (non-hydrogen) atoms. The first-order valence-electron chi connectivity index (χ1n) is 10.8. The van der Waals surface area contributed by atoms with Gasteiger partial charge in [0, 0.05) is 48.2 Å². The first-order chi connectivity index (χ1) is 16.3. The average molecular weight is 509 g/mol. The molecular weight excluding hydrogens is 486 g/mol. The SMILES string of the molecule is O=S(=O)(Nc1ncns1)c1cc2c(cc1F)[C@H](N1CC[C@H](O)C[C@H]1c1ccc(F)cc1)CCO2. The summed E-state index contributed by atoms with van der Waals surface area (Å²) in [4.78, 5) is 5.40. The van der Waals surface area contributed by atoms with E-state index in [9.17, 15) is 17.9 Å². The topological polar surface area (TPSA) is 105 Å². The van der Waals surface area contributed by atoms with Crippen molar-refractivity contribution in [1.82, 2.24) is 14.3 Å². The minimum atomic E-state index is -4.23. The maximum Gasteiger partial charge on any atom is 0.266 e. The molecule has 0 bridgehead atoms. The first kappa shape index (κ1) is 23.1. The van der Waals surface area contributed by atoms with Gasteiger partial charge in [-0.05, 0) is 36.6 Å². The van der Waals surface area contributed by atoms with Gasteiger partial charge in [0.2, 0.25) is 5.13 Å². The van der Waals surface area contributed by atoms with Crippen LogP contribution in [0.3, 0.4) is 0 Å². The summed E-state index contributed by atoms with van der Waals surface area (Å²) in [5.41, 5.74) is 1.40. The summed E-state index contributed by atoms with van der Waals surface area (Å²) < 4.78 is 65.9. The minimum Gasteiger partial charge on any atom is -0.493 e. The number of fused-ring (bicyclic) bond motifs is 1. The number of halogens is 2. The number of nitrogens with one attached hydrogen (secondary N) is 1. The van der Waals surface area contributed by atoms with Crippen molar-refractivity contribution in [2.24, 2.45) is 0 Å². The standard InChI is InChI=1S/C22H22F2N4O4S2/c23-14-3-1-13(2-4-14)19-9-15(29)5-7-28(19)18-6-8-32-20-11-21(17(24)10-16(18)20)34(30,31)27-22-25-12-26-33-22/h1-4,10-12,15,18-19,29H,5-9H2,(H,25,26,27)/t15-,18+,19-/m0/s1. The predicted octanol–water partition coefficient (Wildman–Crippen LogP) is 3.64. The lowest BCUT2D eigenvalue weighted by Gasteiger charge is -2.44. The molecule has 0 radical (unpaired) electrons. The molecule has 2 aliphatic rings. The molecule has 0 aliphatic carbocycles. The summed E-state index contributed by atoms with van der Waals surface area (Å²) >= 11 is 0.842. The van der Waals surface area contributed by atoms with Gasteiger partial charge in [0.1, 0.15) is 28.6 Å². The maximum absolute atomic E-state index is 15.2. The van der Waals surface area contributed by atoms with Crippen LogP contribution >= 0.6 is 11.5 Å². The highest BCUT2D eigenvalue weighted by atomic mass is 32.2. The molecule has 1 aromatic heterocycles. The average Bonchev–Trinajstić information content (AvgIpc) is 3.31. The molecule has 2 N–H and O–H groups in total. The zero-order valence-electron chi connectivity index (χ0n) is 17.9. The summed E-state index contributed by atoms with van der Waals surface area (Å²) in [5.74, 6) is -0.957. The molecule has 1 fully saturated rings. The highest BCUT2D eigenvalue weighted by Crippen LogP contribution is 2.44. The van der Waals surface area contributed by atoms with E-state index in [0.29, 0.717) is 43.7 Å². The van der Waals surface area contributed by atoms with Crippen LogP contribution < -0.4 is 9.46 Å². The van der Waals surface area contributed by atoms with Gasteiger partial charge < -0.3 is 9.84 Å². The van der Waals surface area contributed by atoms with Gasteiger partial charge in [-0.15, -0.1) is 0 Å². The second kappa shape index (κ2) is 9.17. The van der Waals surface area contributed by atoms with E-state index in [4.69, 9.17) is 4.74 Å². The van der Waals surface area contributed by atoms with Crippen LogP contribution in [0.25, 0.3) is 0 Å². The fourth-order valence-corrected chi connectivity index (χ4v) is 6.40. The summed E-state index contributed by atoms with van der Waals surface area (Å²) in [6.07, 6.45) is 2.27. The Balaban J connectivity index is 1.49. The van der Waals surface area contributed by atoms with Crippen LogP contribution in [0.2, 0.25) is 0 Å². The largest absolute Gasteiger partial charge is 0.493 e. The minimum absolute atomic E-state index is 0.0323. The van der Waals surface area contributed by atoms with Crippen LogP contribution in [-0.2, 0) is 10.0 Å². The Kier molecular flexibility index (Phi) is 6.23. The molecular formula is C22H22F2N4O4S2. The van der Waals surface area contributed by atoms with Crippen molar-refractivity contribution in [1.29, 1.82) is 0 Å². The number of hydrogen-bond donors (Lipinski definition) is 2. The van der Waals surface area contributed by atoms with Gasteiger partial charge in [-0.25, -0.2) is 22.2 Å². The summed E-state index contributed by atoms with van der Waals surface area (Å²) in [5, 5.41) is 10.3. The van der Waals surface area contributed by atoms with Gasteiger partial charge >= 0.3 is 0 Å². The number of rotatable bonds is 5. The molecule has 2 aliphatic heterocycles. The molecule has 0 amide bonds. The molecule has 3 heterocycles. The van der Waals surface area contributed by atoms with E-state index < -0.39 is 26.8 Å². The summed E-state index contributed by atoms with van der Waals surface area (Å²) in [7, 11) is -4.23. The third-order valence-corrected chi connectivity index (χ3v) is 8.28. The molecule has 180 valence electrons. The first-order valence-corrected chi connectivity index (χ1v) is 13.0.